The van der Waals surface area contributed by atoms with Gasteiger partial charge in [-0.1, -0.05) is 121 Å². The van der Waals surface area contributed by atoms with Crippen LogP contribution >= 0.6 is 58.1 Å². The topological polar surface area (TPSA) is 0 Å². The van der Waals surface area contributed by atoms with Crippen LogP contribution in [-0.4, -0.2) is 5.34 Å². The van der Waals surface area contributed by atoms with Crippen molar-refractivity contribution in [2.75, 3.05) is 5.34 Å². The largest absolute Gasteiger partial charge is 2.00 e. The average Bonchev–Trinajstić information content (AvgIpc) is 3.77. The van der Waals surface area contributed by atoms with Crippen molar-refractivity contribution in [1.82, 2.24) is 0 Å². The standard InChI is InChI=1S/2C17H14P.CH2Cl2.2ClH.Fe.Pd/c2*1-3-9-15(10-4-1)18(17-13-7-8-14-17)16-11-5-2-6-12-16;2-1-3;;;;/h2*1-14H;1H2;2*1H;;/q;;;;;2*+2/p-2. The minimum absolute atomic E-state index is 0. The van der Waals surface area contributed by atoms with Crippen LogP contribution in [0.1, 0.15) is 0 Å². The van der Waals surface area contributed by atoms with E-state index in [1.54, 1.807) is 0 Å². The Morgan fingerprint density at radius 2 is 0.605 bits per heavy atom. The quantitative estimate of drug-likeness (QED) is 0.103. The van der Waals surface area contributed by atoms with Gasteiger partial charge in [-0.15, -0.1) is 23.2 Å². The van der Waals surface area contributed by atoms with E-state index in [9.17, 15) is 0 Å². The molecule has 0 aromatic heterocycles. The zero-order valence-electron chi connectivity index (χ0n) is 22.9. The van der Waals surface area contributed by atoms with Crippen molar-refractivity contribution in [3.63, 3.8) is 0 Å². The van der Waals surface area contributed by atoms with Crippen LogP contribution in [-0.2, 0) is 33.0 Å². The number of rotatable bonds is 6. The van der Waals surface area contributed by atoms with Crippen molar-refractivity contribution >= 4 is 79.3 Å². The van der Waals surface area contributed by atoms with Crippen molar-refractivity contribution in [3.05, 3.63) is 184 Å². The van der Waals surface area contributed by atoms with Crippen molar-refractivity contribution in [2.45, 2.75) is 0 Å². The molecule has 2 saturated carbocycles. The Balaban J connectivity index is 0.000000249. The van der Waals surface area contributed by atoms with Gasteiger partial charge in [0.05, 0.1) is 5.34 Å². The Hall–Kier alpha value is 0.0818. The van der Waals surface area contributed by atoms with Crippen molar-refractivity contribution in [1.29, 1.82) is 0 Å². The molecule has 0 aliphatic heterocycles. The van der Waals surface area contributed by atoms with E-state index < -0.39 is 15.8 Å². The fraction of sp³-hybridized carbons (Fsp3) is 0.0286. The van der Waals surface area contributed by atoms with Gasteiger partial charge in [0.2, 0.25) is 0 Å². The minimum Gasteiger partial charge on any atom is 2.00 e. The van der Waals surface area contributed by atoms with Gasteiger partial charge in [-0.2, -0.15) is 0 Å². The third kappa shape index (κ3) is 13.8. The second-order valence-electron chi connectivity index (χ2n) is 8.45. The van der Waals surface area contributed by atoms with Crippen LogP contribution in [0.15, 0.2) is 121 Å². The van der Waals surface area contributed by atoms with Gasteiger partial charge in [-0.25, -0.2) is 0 Å². The Morgan fingerprint density at radius 1 is 0.419 bits per heavy atom. The van der Waals surface area contributed by atoms with Crippen LogP contribution in [0, 0.1) is 62.7 Å². The molecule has 2 aliphatic rings. The predicted molar refractivity (Wildman–Crippen MR) is 187 cm³/mol. The molecule has 0 unspecified atom stereocenters. The van der Waals surface area contributed by atoms with Gasteiger partial charge in [-0.05, 0) is 88.4 Å². The maximum atomic E-state index is 4.81. The van der Waals surface area contributed by atoms with Gasteiger partial charge >= 0.3 is 52.1 Å². The molecule has 2 fully saturated rings. The Kier molecular flexibility index (Phi) is 22.2. The van der Waals surface area contributed by atoms with Gasteiger partial charge in [0.15, 0.2) is 0 Å². The number of halogens is 4. The predicted octanol–water partition coefficient (Wildman–Crippen LogP) is 9.76. The van der Waals surface area contributed by atoms with Crippen LogP contribution < -0.4 is 21.2 Å². The summed E-state index contributed by atoms with van der Waals surface area (Å²) >= 11 is 9.42. The summed E-state index contributed by atoms with van der Waals surface area (Å²) in [5.41, 5.74) is 2.84. The molecule has 0 nitrogen and oxygen atoms in total. The molecule has 0 spiro atoms. The zero-order chi connectivity index (χ0) is 29.8. The second-order valence-corrected chi connectivity index (χ2v) is 16.1. The van der Waals surface area contributed by atoms with Crippen molar-refractivity contribution in [2.24, 2.45) is 0 Å². The van der Waals surface area contributed by atoms with E-state index in [1.165, 1.54) is 32.5 Å². The van der Waals surface area contributed by atoms with E-state index in [4.69, 9.17) is 42.3 Å². The average molecular weight is 817 g/mol. The molecule has 10 radical (unpaired) electrons. The van der Waals surface area contributed by atoms with Crippen molar-refractivity contribution < 1.29 is 33.0 Å². The van der Waals surface area contributed by atoms with Gasteiger partial charge < -0.3 is 0 Å². The molecule has 224 valence electrons. The molecule has 43 heavy (non-hydrogen) atoms. The number of hydrogen-bond donors (Lipinski definition) is 0. The fourth-order valence-electron chi connectivity index (χ4n) is 4.23. The first kappa shape index (κ1) is 39.3. The van der Waals surface area contributed by atoms with Crippen LogP contribution in [0.2, 0.25) is 0 Å². The van der Waals surface area contributed by atoms with Crippen LogP contribution in [0.5, 0.6) is 0 Å². The normalized spacial score (nSPS) is 14.6. The monoisotopic (exact) mass is 814 g/mol. The van der Waals surface area contributed by atoms with Crippen molar-refractivity contribution in [3.8, 4) is 0 Å². The van der Waals surface area contributed by atoms with Crippen LogP contribution in [0.4, 0.5) is 0 Å². The second kappa shape index (κ2) is 24.3. The number of hydrogen-bond acceptors (Lipinski definition) is 0. The summed E-state index contributed by atoms with van der Waals surface area (Å²) in [6.45, 7) is 0. The third-order valence-corrected chi connectivity index (χ3v) is 10.8. The summed E-state index contributed by atoms with van der Waals surface area (Å²) < 4.78 is 0. The summed E-state index contributed by atoms with van der Waals surface area (Å²) in [6, 6.07) is 43.1. The van der Waals surface area contributed by atoms with E-state index in [0.29, 0.717) is 0 Å². The molecule has 0 saturated heterocycles. The molecule has 0 bridgehead atoms. The molecule has 2 aliphatic carbocycles. The molecule has 4 aromatic rings. The summed E-state index contributed by atoms with van der Waals surface area (Å²) in [5, 5.41) is 5.82. The minimum atomic E-state index is -0.409. The van der Waals surface area contributed by atoms with E-state index in [0.717, 1.165) is 0 Å². The maximum Gasteiger partial charge on any atom is 2.00 e. The first-order valence-corrected chi connectivity index (χ1v) is 20.7. The molecule has 6 rings (SSSR count). The van der Waals surface area contributed by atoms with E-state index in [2.05, 4.69) is 173 Å². The Bertz CT molecular complexity index is 1020. The van der Waals surface area contributed by atoms with E-state index in [1.807, 2.05) is 0 Å². The molecular weight excluding hydrogens is 786 g/mol. The van der Waals surface area contributed by atoms with Gasteiger partial charge in [0.1, 0.15) is 0 Å². The summed E-state index contributed by atoms with van der Waals surface area (Å²) in [6.07, 6.45) is 17.4. The van der Waals surface area contributed by atoms with Crippen LogP contribution in [0.25, 0.3) is 0 Å². The summed E-state index contributed by atoms with van der Waals surface area (Å²) in [5.74, 6) is 0. The Morgan fingerprint density at radius 3 is 0.791 bits per heavy atom. The number of alkyl halides is 2. The smallest absolute Gasteiger partial charge is 2.00 e. The SMILES string of the molecule is ClCCl.[CH]1[CH][CH][C](P(c2ccccc2)c2ccccc2)[CH]1.[CH]1[CH][CH][C](P(c2ccccc2)c2ccccc2)[CH]1.[Cl][Pd][Cl].[Fe+2]. The van der Waals surface area contributed by atoms with Gasteiger partial charge in [-0.3, -0.25) is 0 Å². The molecule has 8 heteroatoms. The summed E-state index contributed by atoms with van der Waals surface area (Å²) in [7, 11) is 8.81. The molecule has 0 amide bonds. The molecule has 0 heterocycles. The molecule has 0 atom stereocenters. The molecular formula is C35H30Cl4FeP2Pd+2. The van der Waals surface area contributed by atoms with Gasteiger partial charge in [0, 0.05) is 11.3 Å². The van der Waals surface area contributed by atoms with E-state index in [-0.39, 0.29) is 38.3 Å². The number of benzene rings is 4. The third-order valence-electron chi connectivity index (χ3n) is 5.86. The maximum absolute atomic E-state index is 4.81. The first-order chi connectivity index (χ1) is 20.7. The fourth-order valence-corrected chi connectivity index (χ4v) is 8.84. The molecule has 4 aromatic carbocycles. The first-order valence-electron chi connectivity index (χ1n) is 12.9. The Labute approximate surface area is 299 Å². The summed E-state index contributed by atoms with van der Waals surface area (Å²) in [4.78, 5) is 0. The van der Waals surface area contributed by atoms with Crippen LogP contribution in [0.3, 0.4) is 0 Å². The van der Waals surface area contributed by atoms with Gasteiger partial charge in [0.25, 0.3) is 0 Å². The van der Waals surface area contributed by atoms with E-state index >= 15 is 0 Å². The zero-order valence-corrected chi connectivity index (χ0v) is 30.4. The molecule has 0 N–H and O–H groups in total.